The second-order valence-electron chi connectivity index (χ2n) is 5.53. The van der Waals surface area contributed by atoms with Crippen LogP contribution in [-0.2, 0) is 4.74 Å². The largest absolute Gasteiger partial charge is 0.444 e. The van der Waals surface area contributed by atoms with Gasteiger partial charge in [0.2, 0.25) is 0 Å². The summed E-state index contributed by atoms with van der Waals surface area (Å²) in [5.74, 6) is 1.24. The normalized spacial score (nSPS) is 26.9. The molecule has 0 saturated carbocycles. The zero-order valence-corrected chi connectivity index (χ0v) is 10.5. The summed E-state index contributed by atoms with van der Waals surface area (Å²) < 4.78 is 5.35. The number of likely N-dealkylation sites (tertiary alicyclic amines) is 1. The van der Waals surface area contributed by atoms with Crippen molar-refractivity contribution in [3.8, 4) is 0 Å². The summed E-state index contributed by atoms with van der Waals surface area (Å²) in [7, 11) is 0. The Morgan fingerprint density at radius 2 is 2.00 bits per heavy atom. The third-order valence-corrected chi connectivity index (χ3v) is 2.94. The Morgan fingerprint density at radius 1 is 1.40 bits per heavy atom. The van der Waals surface area contributed by atoms with E-state index in [0.29, 0.717) is 11.8 Å². The van der Waals surface area contributed by atoms with Crippen molar-refractivity contribution in [1.82, 2.24) is 4.90 Å². The summed E-state index contributed by atoms with van der Waals surface area (Å²) in [5, 5.41) is 0. The Labute approximate surface area is 92.8 Å². The summed E-state index contributed by atoms with van der Waals surface area (Å²) >= 11 is 0. The maximum atomic E-state index is 11.8. The van der Waals surface area contributed by atoms with Gasteiger partial charge in [0.05, 0.1) is 0 Å². The molecule has 1 fully saturated rings. The Morgan fingerprint density at radius 3 is 2.40 bits per heavy atom. The minimum absolute atomic E-state index is 0.162. The number of nitrogens with zero attached hydrogens (tertiary/aromatic N) is 1. The molecule has 1 unspecified atom stereocenters. The molecule has 0 bridgehead atoms. The van der Waals surface area contributed by atoms with Crippen molar-refractivity contribution in [1.29, 1.82) is 0 Å². The highest BCUT2D eigenvalue weighted by atomic mass is 16.6. The second kappa shape index (κ2) is 4.42. The van der Waals surface area contributed by atoms with Crippen LogP contribution in [0.15, 0.2) is 0 Å². The van der Waals surface area contributed by atoms with Gasteiger partial charge in [0.1, 0.15) is 5.60 Å². The van der Waals surface area contributed by atoms with Crippen LogP contribution >= 0.6 is 0 Å². The maximum absolute atomic E-state index is 11.8. The van der Waals surface area contributed by atoms with Crippen molar-refractivity contribution < 1.29 is 9.53 Å². The molecule has 0 aromatic carbocycles. The summed E-state index contributed by atoms with van der Waals surface area (Å²) in [6.45, 7) is 11.8. The van der Waals surface area contributed by atoms with E-state index >= 15 is 0 Å². The van der Waals surface area contributed by atoms with Crippen LogP contribution in [0.2, 0.25) is 0 Å². The second-order valence-corrected chi connectivity index (χ2v) is 5.53. The van der Waals surface area contributed by atoms with Crippen molar-refractivity contribution in [2.45, 2.75) is 46.6 Å². The first-order chi connectivity index (χ1) is 6.83. The van der Waals surface area contributed by atoms with Crippen LogP contribution in [0.5, 0.6) is 0 Å². The zero-order chi connectivity index (χ0) is 11.6. The standard InChI is InChI=1S/C12H23NO2/c1-6-10-8-13(7-9(10)2)11(14)15-12(3,4)5/h9-10H,6-8H2,1-5H3/t9-,10?/m1/s1. The highest BCUT2D eigenvalue weighted by Crippen LogP contribution is 2.26. The lowest BCUT2D eigenvalue weighted by Gasteiger charge is -2.24. The van der Waals surface area contributed by atoms with Gasteiger partial charge >= 0.3 is 6.09 Å². The zero-order valence-electron chi connectivity index (χ0n) is 10.5. The molecular formula is C12H23NO2. The highest BCUT2D eigenvalue weighted by Gasteiger charge is 2.33. The van der Waals surface area contributed by atoms with Crippen LogP contribution in [0.4, 0.5) is 4.79 Å². The average molecular weight is 213 g/mol. The fourth-order valence-electron chi connectivity index (χ4n) is 2.04. The monoisotopic (exact) mass is 213 g/mol. The number of hydrogen-bond acceptors (Lipinski definition) is 2. The van der Waals surface area contributed by atoms with E-state index in [0.717, 1.165) is 19.5 Å². The van der Waals surface area contributed by atoms with Crippen molar-refractivity contribution in [3.63, 3.8) is 0 Å². The van der Waals surface area contributed by atoms with Crippen LogP contribution in [0.1, 0.15) is 41.0 Å². The van der Waals surface area contributed by atoms with Gasteiger partial charge in [0.15, 0.2) is 0 Å². The van der Waals surface area contributed by atoms with E-state index in [1.165, 1.54) is 0 Å². The average Bonchev–Trinajstić information content (AvgIpc) is 2.43. The third kappa shape index (κ3) is 3.40. The molecule has 3 nitrogen and oxygen atoms in total. The molecule has 0 aliphatic carbocycles. The smallest absolute Gasteiger partial charge is 0.410 e. The number of amides is 1. The molecule has 1 aliphatic heterocycles. The quantitative estimate of drug-likeness (QED) is 0.670. The van der Waals surface area contributed by atoms with Crippen molar-refractivity contribution in [2.75, 3.05) is 13.1 Å². The Kier molecular flexibility index (Phi) is 3.63. The Bertz CT molecular complexity index is 232. The summed E-state index contributed by atoms with van der Waals surface area (Å²) in [6.07, 6.45) is 0.978. The molecule has 0 N–H and O–H groups in total. The lowest BCUT2D eigenvalue weighted by Crippen LogP contribution is -2.35. The molecule has 1 heterocycles. The fraction of sp³-hybridized carbons (Fsp3) is 0.917. The Hall–Kier alpha value is -0.730. The van der Waals surface area contributed by atoms with Gasteiger partial charge in [-0.25, -0.2) is 4.79 Å². The number of rotatable bonds is 1. The van der Waals surface area contributed by atoms with Gasteiger partial charge in [-0.3, -0.25) is 0 Å². The van der Waals surface area contributed by atoms with E-state index in [-0.39, 0.29) is 11.7 Å². The molecule has 1 aliphatic rings. The molecule has 1 amide bonds. The van der Waals surface area contributed by atoms with Crippen LogP contribution in [0.3, 0.4) is 0 Å². The van der Waals surface area contributed by atoms with Gasteiger partial charge in [-0.2, -0.15) is 0 Å². The third-order valence-electron chi connectivity index (χ3n) is 2.94. The SMILES string of the molecule is CCC1CN(C(=O)OC(C)(C)C)C[C@H]1C. The molecule has 0 radical (unpaired) electrons. The molecule has 88 valence electrons. The van der Waals surface area contributed by atoms with Gasteiger partial charge in [0, 0.05) is 13.1 Å². The van der Waals surface area contributed by atoms with Gasteiger partial charge in [-0.1, -0.05) is 20.3 Å². The van der Waals surface area contributed by atoms with Crippen LogP contribution in [-0.4, -0.2) is 29.7 Å². The van der Waals surface area contributed by atoms with Gasteiger partial charge in [0.25, 0.3) is 0 Å². The molecule has 3 heteroatoms. The van der Waals surface area contributed by atoms with Gasteiger partial charge in [-0.15, -0.1) is 0 Å². The molecule has 1 rings (SSSR count). The fourth-order valence-corrected chi connectivity index (χ4v) is 2.04. The van der Waals surface area contributed by atoms with E-state index in [2.05, 4.69) is 13.8 Å². The molecular weight excluding hydrogens is 190 g/mol. The van der Waals surface area contributed by atoms with E-state index in [1.54, 1.807) is 0 Å². The van der Waals surface area contributed by atoms with Gasteiger partial charge < -0.3 is 9.64 Å². The molecule has 0 aromatic heterocycles. The molecule has 2 atom stereocenters. The van der Waals surface area contributed by atoms with E-state index in [1.807, 2.05) is 25.7 Å². The highest BCUT2D eigenvalue weighted by molar-refractivity contribution is 5.68. The predicted octanol–water partition coefficient (Wildman–Crippen LogP) is 2.90. The van der Waals surface area contributed by atoms with Gasteiger partial charge in [-0.05, 0) is 32.6 Å². The van der Waals surface area contributed by atoms with Crippen LogP contribution in [0, 0.1) is 11.8 Å². The van der Waals surface area contributed by atoms with Crippen molar-refractivity contribution in [3.05, 3.63) is 0 Å². The molecule has 1 saturated heterocycles. The maximum Gasteiger partial charge on any atom is 0.410 e. The number of carbonyl (C=O) groups excluding carboxylic acids is 1. The van der Waals surface area contributed by atoms with Crippen LogP contribution < -0.4 is 0 Å². The molecule has 15 heavy (non-hydrogen) atoms. The number of carbonyl (C=O) groups is 1. The summed E-state index contributed by atoms with van der Waals surface area (Å²) in [5.41, 5.74) is -0.384. The number of ether oxygens (including phenoxy) is 1. The lowest BCUT2D eigenvalue weighted by molar-refractivity contribution is 0.0284. The predicted molar refractivity (Wildman–Crippen MR) is 60.8 cm³/mol. The first-order valence-corrected chi connectivity index (χ1v) is 5.81. The minimum atomic E-state index is -0.384. The van der Waals surface area contributed by atoms with Crippen molar-refractivity contribution in [2.24, 2.45) is 11.8 Å². The lowest BCUT2D eigenvalue weighted by atomic mass is 9.96. The molecule has 0 spiro atoms. The van der Waals surface area contributed by atoms with E-state index in [9.17, 15) is 4.79 Å². The summed E-state index contributed by atoms with van der Waals surface area (Å²) in [6, 6.07) is 0. The van der Waals surface area contributed by atoms with Crippen molar-refractivity contribution >= 4 is 6.09 Å². The minimum Gasteiger partial charge on any atom is -0.444 e. The summed E-state index contributed by atoms with van der Waals surface area (Å²) in [4.78, 5) is 13.6. The number of hydrogen-bond donors (Lipinski definition) is 0. The first kappa shape index (κ1) is 12.3. The Balaban J connectivity index is 2.50. The van der Waals surface area contributed by atoms with Crippen LogP contribution in [0.25, 0.3) is 0 Å². The van der Waals surface area contributed by atoms with E-state index < -0.39 is 0 Å². The first-order valence-electron chi connectivity index (χ1n) is 5.81. The van der Waals surface area contributed by atoms with E-state index in [4.69, 9.17) is 4.74 Å². The topological polar surface area (TPSA) is 29.5 Å². The molecule has 0 aromatic rings.